The van der Waals surface area contributed by atoms with Crippen molar-refractivity contribution in [3.8, 4) is 5.75 Å². The van der Waals surface area contributed by atoms with E-state index < -0.39 is 6.10 Å². The van der Waals surface area contributed by atoms with Gasteiger partial charge < -0.3 is 26.2 Å². The van der Waals surface area contributed by atoms with E-state index >= 15 is 0 Å². The van der Waals surface area contributed by atoms with Gasteiger partial charge in [0.25, 0.3) is 5.91 Å². The monoisotopic (exact) mass is 409 g/mol. The Hall–Kier alpha value is -2.83. The molecule has 2 aromatic rings. The summed E-state index contributed by atoms with van der Waals surface area (Å²) in [5.74, 6) is 0.305. The standard InChI is InChI=1S/C24H31N3O3/c1-14(2)30-23-11-8-17(12-21(23)25)24(29)27-16(4)18-6-5-7-20-19(18)9-10-22(20)26-13-15(3)28/h5-8,11-12,14-15,22,26,28H,4,9-10,13,25H2,1-3H3,(H,27,29)/t15-,22?/m0/s1. The van der Waals surface area contributed by atoms with Gasteiger partial charge in [-0.3, -0.25) is 4.79 Å². The van der Waals surface area contributed by atoms with Gasteiger partial charge in [-0.1, -0.05) is 24.8 Å². The number of aliphatic hydroxyl groups excluding tert-OH is 1. The molecule has 1 unspecified atom stereocenters. The Morgan fingerprint density at radius 2 is 2.07 bits per heavy atom. The second-order valence-electron chi connectivity index (χ2n) is 8.07. The first-order valence-corrected chi connectivity index (χ1v) is 10.4. The number of carbonyl (C=O) groups excluding carboxylic acids is 1. The van der Waals surface area contributed by atoms with E-state index in [2.05, 4.69) is 23.3 Å². The number of hydrogen-bond donors (Lipinski definition) is 4. The molecule has 6 heteroatoms. The summed E-state index contributed by atoms with van der Waals surface area (Å²) >= 11 is 0. The molecule has 0 saturated carbocycles. The van der Waals surface area contributed by atoms with E-state index in [1.54, 1.807) is 25.1 Å². The first-order chi connectivity index (χ1) is 14.3. The van der Waals surface area contributed by atoms with Gasteiger partial charge in [-0.2, -0.15) is 0 Å². The van der Waals surface area contributed by atoms with Crippen LogP contribution in [0.4, 0.5) is 5.69 Å². The third kappa shape index (κ3) is 5.01. The number of amides is 1. The van der Waals surface area contributed by atoms with Crippen LogP contribution in [0.25, 0.3) is 5.70 Å². The lowest BCUT2D eigenvalue weighted by Gasteiger charge is -2.17. The smallest absolute Gasteiger partial charge is 0.255 e. The summed E-state index contributed by atoms with van der Waals surface area (Å²) in [4.78, 5) is 12.7. The predicted octanol–water partition coefficient (Wildman–Crippen LogP) is 3.41. The molecule has 0 aromatic heterocycles. The summed E-state index contributed by atoms with van der Waals surface area (Å²) in [6.45, 7) is 10.3. The van der Waals surface area contributed by atoms with E-state index in [-0.39, 0.29) is 18.1 Å². The van der Waals surface area contributed by atoms with Gasteiger partial charge in [0.1, 0.15) is 5.75 Å². The number of anilines is 1. The average molecular weight is 410 g/mol. The van der Waals surface area contributed by atoms with Crippen molar-refractivity contribution >= 4 is 17.3 Å². The van der Waals surface area contributed by atoms with Gasteiger partial charge in [-0.05, 0) is 62.9 Å². The molecule has 1 amide bonds. The summed E-state index contributed by atoms with van der Waals surface area (Å²) in [7, 11) is 0. The van der Waals surface area contributed by atoms with Crippen molar-refractivity contribution in [1.29, 1.82) is 0 Å². The highest BCUT2D eigenvalue weighted by Crippen LogP contribution is 2.35. The van der Waals surface area contributed by atoms with Crippen molar-refractivity contribution in [2.75, 3.05) is 12.3 Å². The number of nitrogens with one attached hydrogen (secondary N) is 2. The summed E-state index contributed by atoms with van der Waals surface area (Å²) < 4.78 is 5.63. The van der Waals surface area contributed by atoms with Crippen molar-refractivity contribution in [2.24, 2.45) is 0 Å². The lowest BCUT2D eigenvalue weighted by Crippen LogP contribution is -2.27. The number of ether oxygens (including phenoxy) is 1. The van der Waals surface area contributed by atoms with Crippen LogP contribution in [0.1, 0.15) is 60.3 Å². The number of carbonyl (C=O) groups is 1. The van der Waals surface area contributed by atoms with Gasteiger partial charge in [-0.25, -0.2) is 0 Å². The Labute approximate surface area is 178 Å². The minimum absolute atomic E-state index is 0.00540. The van der Waals surface area contributed by atoms with E-state index in [0.717, 1.165) is 18.4 Å². The van der Waals surface area contributed by atoms with Gasteiger partial charge in [0.15, 0.2) is 0 Å². The zero-order valence-electron chi connectivity index (χ0n) is 17.9. The quantitative estimate of drug-likeness (QED) is 0.501. The molecule has 0 saturated heterocycles. The second-order valence-corrected chi connectivity index (χ2v) is 8.07. The molecule has 160 valence electrons. The fourth-order valence-electron chi connectivity index (χ4n) is 3.79. The molecule has 3 rings (SSSR count). The highest BCUT2D eigenvalue weighted by atomic mass is 16.5. The zero-order chi connectivity index (χ0) is 21.8. The van der Waals surface area contributed by atoms with Gasteiger partial charge in [0, 0.05) is 29.4 Å². The van der Waals surface area contributed by atoms with Crippen LogP contribution in [0.3, 0.4) is 0 Å². The van der Waals surface area contributed by atoms with Crippen LogP contribution >= 0.6 is 0 Å². The van der Waals surface area contributed by atoms with Crippen molar-refractivity contribution in [3.63, 3.8) is 0 Å². The van der Waals surface area contributed by atoms with Crippen LogP contribution in [0, 0.1) is 0 Å². The van der Waals surface area contributed by atoms with Crippen LogP contribution in [0.15, 0.2) is 43.0 Å². The first kappa shape index (κ1) is 21.9. The largest absolute Gasteiger partial charge is 0.489 e. The number of hydrogen-bond acceptors (Lipinski definition) is 5. The lowest BCUT2D eigenvalue weighted by molar-refractivity contribution is 0.0974. The van der Waals surface area contributed by atoms with Gasteiger partial charge in [0.2, 0.25) is 0 Å². The van der Waals surface area contributed by atoms with Crippen molar-refractivity contribution in [1.82, 2.24) is 10.6 Å². The topological polar surface area (TPSA) is 96.6 Å². The molecule has 0 bridgehead atoms. The number of fused-ring (bicyclic) bond motifs is 1. The Morgan fingerprint density at radius 1 is 1.30 bits per heavy atom. The molecule has 2 atom stereocenters. The van der Waals surface area contributed by atoms with Crippen molar-refractivity contribution in [2.45, 2.75) is 51.9 Å². The first-order valence-electron chi connectivity index (χ1n) is 10.4. The molecule has 0 aliphatic heterocycles. The highest BCUT2D eigenvalue weighted by molar-refractivity contribution is 6.00. The minimum Gasteiger partial charge on any atom is -0.489 e. The van der Waals surface area contributed by atoms with E-state index in [0.29, 0.717) is 29.2 Å². The molecule has 2 aromatic carbocycles. The van der Waals surface area contributed by atoms with Crippen molar-refractivity contribution in [3.05, 3.63) is 65.2 Å². The SMILES string of the molecule is C=C(NC(=O)c1ccc(OC(C)C)c(N)c1)c1cccc2c1CCC2NC[C@H](C)O. The fraction of sp³-hybridized carbons (Fsp3) is 0.375. The number of benzene rings is 2. The maximum atomic E-state index is 12.7. The van der Waals surface area contributed by atoms with E-state index in [1.165, 1.54) is 11.1 Å². The van der Waals surface area contributed by atoms with Gasteiger partial charge in [-0.15, -0.1) is 0 Å². The van der Waals surface area contributed by atoms with Crippen molar-refractivity contribution < 1.29 is 14.6 Å². The van der Waals surface area contributed by atoms with Gasteiger partial charge in [0.05, 0.1) is 17.9 Å². The molecule has 30 heavy (non-hydrogen) atoms. The second kappa shape index (κ2) is 9.32. The fourth-order valence-corrected chi connectivity index (χ4v) is 3.79. The van der Waals surface area contributed by atoms with Crippen LogP contribution in [-0.2, 0) is 6.42 Å². The molecule has 0 spiro atoms. The normalized spacial score (nSPS) is 16.2. The molecule has 0 heterocycles. The maximum absolute atomic E-state index is 12.7. The predicted molar refractivity (Wildman–Crippen MR) is 120 cm³/mol. The number of nitrogen functional groups attached to an aromatic ring is 1. The van der Waals surface area contributed by atoms with Crippen LogP contribution in [-0.4, -0.2) is 29.8 Å². The highest BCUT2D eigenvalue weighted by Gasteiger charge is 2.25. The Morgan fingerprint density at radius 3 is 2.73 bits per heavy atom. The zero-order valence-corrected chi connectivity index (χ0v) is 17.9. The molecule has 0 radical (unpaired) electrons. The molecular weight excluding hydrogens is 378 g/mol. The van der Waals surface area contributed by atoms with Gasteiger partial charge >= 0.3 is 0 Å². The third-order valence-electron chi connectivity index (χ3n) is 5.15. The number of nitrogens with two attached hydrogens (primary N) is 1. The third-order valence-corrected chi connectivity index (χ3v) is 5.15. The summed E-state index contributed by atoms with van der Waals surface area (Å²) in [6, 6.07) is 11.3. The average Bonchev–Trinajstić information content (AvgIpc) is 3.10. The van der Waals surface area contributed by atoms with Crippen LogP contribution in [0.5, 0.6) is 5.75 Å². The minimum atomic E-state index is -0.392. The summed E-state index contributed by atoms with van der Waals surface area (Å²) in [5, 5.41) is 15.9. The molecule has 0 fully saturated rings. The van der Waals surface area contributed by atoms with E-state index in [9.17, 15) is 9.90 Å². The lowest BCUT2D eigenvalue weighted by atomic mass is 10.00. The Bertz CT molecular complexity index is 937. The summed E-state index contributed by atoms with van der Waals surface area (Å²) in [6.07, 6.45) is 1.46. The summed E-state index contributed by atoms with van der Waals surface area (Å²) in [5.41, 5.74) is 10.8. The Balaban J connectivity index is 1.72. The Kier molecular flexibility index (Phi) is 6.80. The number of aliphatic hydroxyl groups is 1. The number of rotatable bonds is 8. The molecule has 6 nitrogen and oxygen atoms in total. The maximum Gasteiger partial charge on any atom is 0.255 e. The van der Waals surface area contributed by atoms with E-state index in [4.69, 9.17) is 10.5 Å². The molecule has 5 N–H and O–H groups in total. The molecular formula is C24H31N3O3. The molecule has 1 aliphatic carbocycles. The van der Waals surface area contributed by atoms with Crippen LogP contribution < -0.4 is 21.1 Å². The van der Waals surface area contributed by atoms with Crippen LogP contribution in [0.2, 0.25) is 0 Å². The molecule has 1 aliphatic rings. The van der Waals surface area contributed by atoms with E-state index in [1.807, 2.05) is 26.0 Å².